The highest BCUT2D eigenvalue weighted by atomic mass is 16.2. The van der Waals surface area contributed by atoms with Gasteiger partial charge in [-0.1, -0.05) is 30.3 Å². The van der Waals surface area contributed by atoms with Crippen LogP contribution in [0.5, 0.6) is 0 Å². The Morgan fingerprint density at radius 1 is 1.21 bits per heavy atom. The summed E-state index contributed by atoms with van der Waals surface area (Å²) >= 11 is 0. The summed E-state index contributed by atoms with van der Waals surface area (Å²) in [5.74, 6) is 1.76. The van der Waals surface area contributed by atoms with Gasteiger partial charge in [0.15, 0.2) is 5.96 Å². The molecular formula is C21H30N6O. The summed E-state index contributed by atoms with van der Waals surface area (Å²) in [6, 6.07) is 10.7. The summed E-state index contributed by atoms with van der Waals surface area (Å²) in [6.45, 7) is 3.10. The van der Waals surface area contributed by atoms with Crippen LogP contribution < -0.4 is 16.3 Å². The number of hydrogen-bond donors (Lipinski definition) is 2. The Hall–Kier alpha value is -2.57. The highest BCUT2D eigenvalue weighted by molar-refractivity contribution is 5.79. The number of fused-ring (bicyclic) bond motifs is 1. The van der Waals surface area contributed by atoms with Crippen molar-refractivity contribution in [3.05, 3.63) is 52.2 Å². The Morgan fingerprint density at radius 3 is 2.75 bits per heavy atom. The third-order valence-electron chi connectivity index (χ3n) is 5.93. The number of nitrogens with one attached hydrogen (secondary N) is 2. The van der Waals surface area contributed by atoms with E-state index < -0.39 is 0 Å². The van der Waals surface area contributed by atoms with E-state index in [1.807, 2.05) is 4.57 Å². The summed E-state index contributed by atoms with van der Waals surface area (Å²) in [5, 5.41) is 11.3. The quantitative estimate of drug-likeness (QED) is 0.434. The zero-order valence-electron chi connectivity index (χ0n) is 16.7. The highest BCUT2D eigenvalue weighted by Crippen LogP contribution is 2.47. The molecule has 1 aliphatic heterocycles. The third-order valence-corrected chi connectivity index (χ3v) is 5.93. The average Bonchev–Trinajstić information content (AvgIpc) is 3.47. The SMILES string of the molecule is CN=C(NCCCn1nc2n(c1=O)CCCC2)NCC1(c2ccccc2)CC1. The van der Waals surface area contributed by atoms with Gasteiger partial charge in [-0.15, -0.1) is 0 Å². The van der Waals surface area contributed by atoms with Crippen LogP contribution in [0.15, 0.2) is 40.1 Å². The van der Waals surface area contributed by atoms with Crippen LogP contribution in [0, 0.1) is 0 Å². The van der Waals surface area contributed by atoms with Crippen molar-refractivity contribution in [2.45, 2.75) is 57.0 Å². The predicted octanol–water partition coefficient (Wildman–Crippen LogP) is 1.67. The summed E-state index contributed by atoms with van der Waals surface area (Å²) in [7, 11) is 1.80. The molecule has 1 aliphatic carbocycles. The van der Waals surface area contributed by atoms with Gasteiger partial charge in [0.25, 0.3) is 0 Å². The number of aryl methyl sites for hydroxylation is 2. The molecule has 0 unspecified atom stereocenters. The van der Waals surface area contributed by atoms with Crippen LogP contribution in [0.1, 0.15) is 43.5 Å². The molecule has 0 amide bonds. The van der Waals surface area contributed by atoms with E-state index in [4.69, 9.17) is 0 Å². The van der Waals surface area contributed by atoms with Gasteiger partial charge in [-0.2, -0.15) is 5.10 Å². The van der Waals surface area contributed by atoms with Crippen LogP contribution in [-0.4, -0.2) is 40.4 Å². The largest absolute Gasteiger partial charge is 0.356 e. The lowest BCUT2D eigenvalue weighted by atomic mass is 9.96. The molecule has 1 saturated carbocycles. The number of rotatable bonds is 7. The number of benzene rings is 1. The number of aromatic nitrogens is 3. The first-order chi connectivity index (χ1) is 13.7. The van der Waals surface area contributed by atoms with Crippen molar-refractivity contribution in [3.63, 3.8) is 0 Å². The molecule has 28 heavy (non-hydrogen) atoms. The van der Waals surface area contributed by atoms with E-state index in [1.165, 1.54) is 18.4 Å². The van der Waals surface area contributed by atoms with Gasteiger partial charge < -0.3 is 10.6 Å². The van der Waals surface area contributed by atoms with Crippen LogP contribution in [0.25, 0.3) is 0 Å². The Bertz CT molecular complexity index is 878. The zero-order chi connectivity index (χ0) is 19.4. The van der Waals surface area contributed by atoms with Crippen LogP contribution in [0.3, 0.4) is 0 Å². The zero-order valence-corrected chi connectivity index (χ0v) is 16.7. The van der Waals surface area contributed by atoms with E-state index in [1.54, 1.807) is 11.7 Å². The second-order valence-corrected chi connectivity index (χ2v) is 7.88. The molecule has 1 fully saturated rings. The lowest BCUT2D eigenvalue weighted by Gasteiger charge is -2.19. The first-order valence-corrected chi connectivity index (χ1v) is 10.4. The van der Waals surface area contributed by atoms with Gasteiger partial charge in [-0.3, -0.25) is 9.56 Å². The number of aliphatic imine (C=N–C) groups is 1. The second kappa shape index (κ2) is 8.20. The van der Waals surface area contributed by atoms with E-state index in [0.29, 0.717) is 6.54 Å². The van der Waals surface area contributed by atoms with E-state index >= 15 is 0 Å². The highest BCUT2D eigenvalue weighted by Gasteiger charge is 2.43. The minimum atomic E-state index is 0.0377. The molecule has 0 atom stereocenters. The van der Waals surface area contributed by atoms with Crippen molar-refractivity contribution in [3.8, 4) is 0 Å². The molecule has 0 bridgehead atoms. The summed E-state index contributed by atoms with van der Waals surface area (Å²) in [6.07, 6.45) is 6.39. The van der Waals surface area contributed by atoms with Crippen molar-refractivity contribution >= 4 is 5.96 Å². The summed E-state index contributed by atoms with van der Waals surface area (Å²) in [5.41, 5.74) is 1.69. The van der Waals surface area contributed by atoms with Crippen molar-refractivity contribution < 1.29 is 0 Å². The molecule has 1 aromatic heterocycles. The number of nitrogens with zero attached hydrogens (tertiary/aromatic N) is 4. The molecule has 2 aliphatic rings. The van der Waals surface area contributed by atoms with Gasteiger partial charge in [0.1, 0.15) is 5.82 Å². The molecule has 7 nitrogen and oxygen atoms in total. The van der Waals surface area contributed by atoms with Crippen LogP contribution in [-0.2, 0) is 24.9 Å². The smallest absolute Gasteiger partial charge is 0.345 e. The summed E-state index contributed by atoms with van der Waals surface area (Å²) < 4.78 is 3.45. The summed E-state index contributed by atoms with van der Waals surface area (Å²) in [4.78, 5) is 16.7. The van der Waals surface area contributed by atoms with Gasteiger partial charge in [-0.25, -0.2) is 9.48 Å². The molecular weight excluding hydrogens is 352 g/mol. The van der Waals surface area contributed by atoms with Gasteiger partial charge in [0.2, 0.25) is 0 Å². The molecule has 1 aromatic carbocycles. The molecule has 2 N–H and O–H groups in total. The molecule has 0 radical (unpaired) electrons. The molecule has 2 heterocycles. The Kier molecular flexibility index (Phi) is 5.50. The lowest BCUT2D eigenvalue weighted by molar-refractivity contribution is 0.509. The fraction of sp³-hybridized carbons (Fsp3) is 0.571. The lowest BCUT2D eigenvalue weighted by Crippen LogP contribution is -2.41. The maximum Gasteiger partial charge on any atom is 0.345 e. The van der Waals surface area contributed by atoms with Crippen molar-refractivity contribution in [1.29, 1.82) is 0 Å². The molecule has 4 rings (SSSR count). The Morgan fingerprint density at radius 2 is 2.04 bits per heavy atom. The van der Waals surface area contributed by atoms with E-state index in [2.05, 4.69) is 51.1 Å². The van der Waals surface area contributed by atoms with Gasteiger partial charge >= 0.3 is 5.69 Å². The average molecular weight is 383 g/mol. The van der Waals surface area contributed by atoms with E-state index in [0.717, 1.165) is 57.1 Å². The predicted molar refractivity (Wildman–Crippen MR) is 111 cm³/mol. The minimum Gasteiger partial charge on any atom is -0.356 e. The van der Waals surface area contributed by atoms with Crippen LogP contribution in [0.4, 0.5) is 0 Å². The minimum absolute atomic E-state index is 0.0377. The van der Waals surface area contributed by atoms with E-state index in [9.17, 15) is 4.79 Å². The Labute approximate surface area is 165 Å². The molecule has 2 aromatic rings. The van der Waals surface area contributed by atoms with E-state index in [-0.39, 0.29) is 11.1 Å². The first kappa shape index (κ1) is 18.8. The van der Waals surface area contributed by atoms with Crippen molar-refractivity contribution in [2.75, 3.05) is 20.1 Å². The molecule has 0 saturated heterocycles. The monoisotopic (exact) mass is 382 g/mol. The van der Waals surface area contributed by atoms with Crippen molar-refractivity contribution in [1.82, 2.24) is 25.0 Å². The second-order valence-electron chi connectivity index (χ2n) is 7.88. The molecule has 150 valence electrons. The van der Waals surface area contributed by atoms with Gasteiger partial charge in [-0.05, 0) is 37.7 Å². The standard InChI is InChI=1S/C21H30N6O/c1-22-19(24-16-21(11-12-21)17-8-3-2-4-9-17)23-13-7-15-27-20(28)26-14-6-5-10-18(26)25-27/h2-4,8-9H,5-7,10-16H2,1H3,(H2,22,23,24). The number of hydrogen-bond acceptors (Lipinski definition) is 3. The number of guanidine groups is 1. The maximum atomic E-state index is 12.4. The molecule has 0 spiro atoms. The third kappa shape index (κ3) is 3.98. The molecule has 7 heteroatoms. The fourth-order valence-corrected chi connectivity index (χ4v) is 4.01. The van der Waals surface area contributed by atoms with Gasteiger partial charge in [0.05, 0.1) is 0 Å². The fourth-order valence-electron chi connectivity index (χ4n) is 4.01. The Balaban J connectivity index is 1.23. The van der Waals surface area contributed by atoms with Crippen LogP contribution in [0.2, 0.25) is 0 Å². The maximum absolute atomic E-state index is 12.4. The normalized spacial score (nSPS) is 17.8. The van der Waals surface area contributed by atoms with Gasteiger partial charge in [0, 0.05) is 45.1 Å². The first-order valence-electron chi connectivity index (χ1n) is 10.4. The van der Waals surface area contributed by atoms with Crippen molar-refractivity contribution in [2.24, 2.45) is 4.99 Å². The van der Waals surface area contributed by atoms with Crippen LogP contribution >= 0.6 is 0 Å². The topological polar surface area (TPSA) is 76.2 Å².